The van der Waals surface area contributed by atoms with Crippen molar-refractivity contribution in [2.45, 2.75) is 18.9 Å². The Hall–Kier alpha value is -2.21. The van der Waals surface area contributed by atoms with Gasteiger partial charge < -0.3 is 10.1 Å². The van der Waals surface area contributed by atoms with Crippen LogP contribution in [0.4, 0.5) is 0 Å². The van der Waals surface area contributed by atoms with Gasteiger partial charge in [-0.05, 0) is 23.8 Å². The Morgan fingerprint density at radius 2 is 2.08 bits per heavy atom. The highest BCUT2D eigenvalue weighted by Gasteiger charge is 2.24. The number of hydrogen-bond acceptors (Lipinski definition) is 5. The minimum atomic E-state index is -0.530. The lowest BCUT2D eigenvalue weighted by atomic mass is 10.1. The standard InChI is InChI=1S/C18H22N2O3S/c1-23-18(22)15(10-12-24)19-16-9-5-6-11-20(16)17(21)13-14-7-3-2-4-8-14/h2-9,15,19,24H,10-13H2,1H3/t15-/m0/s1. The van der Waals surface area contributed by atoms with E-state index in [2.05, 4.69) is 17.9 Å². The Kier molecular flexibility index (Phi) is 6.93. The lowest BCUT2D eigenvalue weighted by Crippen LogP contribution is -2.45. The van der Waals surface area contributed by atoms with Gasteiger partial charge in [-0.2, -0.15) is 12.6 Å². The largest absolute Gasteiger partial charge is 0.467 e. The van der Waals surface area contributed by atoms with Gasteiger partial charge in [0.15, 0.2) is 0 Å². The predicted octanol–water partition coefficient (Wildman–Crippen LogP) is 1.92. The van der Waals surface area contributed by atoms with E-state index in [1.165, 1.54) is 7.11 Å². The molecule has 5 nitrogen and oxygen atoms in total. The number of methoxy groups -OCH3 is 1. The molecule has 6 heteroatoms. The van der Waals surface area contributed by atoms with Gasteiger partial charge in [-0.25, -0.2) is 4.79 Å². The highest BCUT2D eigenvalue weighted by Crippen LogP contribution is 2.13. The van der Waals surface area contributed by atoms with Gasteiger partial charge in [-0.15, -0.1) is 0 Å². The number of amides is 1. The first kappa shape index (κ1) is 18.1. The van der Waals surface area contributed by atoms with Gasteiger partial charge >= 0.3 is 5.97 Å². The molecule has 1 aliphatic heterocycles. The van der Waals surface area contributed by atoms with E-state index in [1.54, 1.807) is 11.0 Å². The summed E-state index contributed by atoms with van der Waals surface area (Å²) in [4.78, 5) is 26.2. The van der Waals surface area contributed by atoms with Crippen molar-refractivity contribution in [3.8, 4) is 0 Å². The van der Waals surface area contributed by atoms with E-state index in [0.717, 1.165) is 5.56 Å². The van der Waals surface area contributed by atoms with Crippen LogP contribution >= 0.6 is 12.6 Å². The van der Waals surface area contributed by atoms with Crippen LogP contribution in [0, 0.1) is 0 Å². The molecular weight excluding hydrogens is 324 g/mol. The molecule has 1 amide bonds. The molecule has 2 rings (SSSR count). The summed E-state index contributed by atoms with van der Waals surface area (Å²) in [6, 6.07) is 9.06. The van der Waals surface area contributed by atoms with Crippen LogP contribution < -0.4 is 5.32 Å². The molecule has 0 spiro atoms. The summed E-state index contributed by atoms with van der Waals surface area (Å²) >= 11 is 4.18. The second-order valence-electron chi connectivity index (χ2n) is 5.38. The molecule has 1 aromatic carbocycles. The SMILES string of the molecule is COC(=O)[C@H](CCS)NC1=CC=CCN1C(=O)Cc1ccccc1. The normalized spacial score (nSPS) is 14.8. The molecular formula is C18H22N2O3S. The first-order valence-electron chi connectivity index (χ1n) is 7.82. The quantitative estimate of drug-likeness (QED) is 0.585. The van der Waals surface area contributed by atoms with Crippen molar-refractivity contribution < 1.29 is 14.3 Å². The van der Waals surface area contributed by atoms with Crippen molar-refractivity contribution >= 4 is 24.5 Å². The number of carbonyl (C=O) groups is 2. The maximum atomic E-state index is 12.6. The molecule has 0 aliphatic carbocycles. The fourth-order valence-electron chi connectivity index (χ4n) is 2.44. The van der Waals surface area contributed by atoms with Gasteiger partial charge in [0, 0.05) is 6.54 Å². The van der Waals surface area contributed by atoms with Crippen molar-refractivity contribution in [1.29, 1.82) is 0 Å². The maximum Gasteiger partial charge on any atom is 0.328 e. The van der Waals surface area contributed by atoms with E-state index >= 15 is 0 Å². The Balaban J connectivity index is 2.08. The fourth-order valence-corrected chi connectivity index (χ4v) is 2.70. The molecule has 0 saturated heterocycles. The van der Waals surface area contributed by atoms with E-state index in [9.17, 15) is 9.59 Å². The number of thiol groups is 1. The van der Waals surface area contributed by atoms with Crippen LogP contribution in [0.5, 0.6) is 0 Å². The van der Waals surface area contributed by atoms with Crippen molar-refractivity contribution in [3.63, 3.8) is 0 Å². The van der Waals surface area contributed by atoms with Gasteiger partial charge in [0.2, 0.25) is 5.91 Å². The van der Waals surface area contributed by atoms with Crippen LogP contribution in [-0.2, 0) is 20.7 Å². The Morgan fingerprint density at radius 3 is 2.75 bits per heavy atom. The highest BCUT2D eigenvalue weighted by atomic mass is 32.1. The molecule has 1 atom stereocenters. The molecule has 0 radical (unpaired) electrons. The Labute approximate surface area is 147 Å². The van der Waals surface area contributed by atoms with Crippen LogP contribution in [0.2, 0.25) is 0 Å². The van der Waals surface area contributed by atoms with E-state index in [0.29, 0.717) is 31.0 Å². The zero-order chi connectivity index (χ0) is 17.4. The van der Waals surface area contributed by atoms with Crippen molar-refractivity contribution in [3.05, 3.63) is 59.9 Å². The number of allylic oxidation sites excluding steroid dienone is 2. The van der Waals surface area contributed by atoms with Gasteiger partial charge in [0.05, 0.1) is 13.5 Å². The molecule has 1 aromatic rings. The van der Waals surface area contributed by atoms with Gasteiger partial charge in [-0.3, -0.25) is 9.69 Å². The van der Waals surface area contributed by atoms with E-state index in [4.69, 9.17) is 4.74 Å². The summed E-state index contributed by atoms with van der Waals surface area (Å²) in [5.41, 5.74) is 0.955. The summed E-state index contributed by atoms with van der Waals surface area (Å²) in [7, 11) is 1.35. The molecule has 1 N–H and O–H groups in total. The number of carbonyl (C=O) groups excluding carboxylic acids is 2. The number of hydrogen-bond donors (Lipinski definition) is 2. The van der Waals surface area contributed by atoms with E-state index < -0.39 is 6.04 Å². The summed E-state index contributed by atoms with van der Waals surface area (Å²) in [5.74, 6) is 0.748. The number of ether oxygens (including phenoxy) is 1. The smallest absolute Gasteiger partial charge is 0.328 e. The summed E-state index contributed by atoms with van der Waals surface area (Å²) < 4.78 is 4.81. The lowest BCUT2D eigenvalue weighted by molar-refractivity contribution is -0.143. The molecule has 1 aliphatic rings. The summed E-state index contributed by atoms with van der Waals surface area (Å²) in [5, 5.41) is 3.12. The number of esters is 1. The summed E-state index contributed by atoms with van der Waals surface area (Å²) in [6.45, 7) is 0.471. The zero-order valence-corrected chi connectivity index (χ0v) is 14.5. The van der Waals surface area contributed by atoms with Crippen LogP contribution in [0.15, 0.2) is 54.4 Å². The van der Waals surface area contributed by atoms with Crippen molar-refractivity contribution in [2.24, 2.45) is 0 Å². The van der Waals surface area contributed by atoms with E-state index in [-0.39, 0.29) is 11.9 Å². The predicted molar refractivity (Wildman–Crippen MR) is 96.5 cm³/mol. The van der Waals surface area contributed by atoms with Gasteiger partial charge in [0.25, 0.3) is 0 Å². The molecule has 24 heavy (non-hydrogen) atoms. The first-order valence-corrected chi connectivity index (χ1v) is 8.45. The molecule has 0 unspecified atom stereocenters. The zero-order valence-electron chi connectivity index (χ0n) is 13.6. The van der Waals surface area contributed by atoms with Crippen LogP contribution in [0.3, 0.4) is 0 Å². The molecule has 0 saturated carbocycles. The second-order valence-corrected chi connectivity index (χ2v) is 5.83. The Bertz CT molecular complexity index is 628. The van der Waals surface area contributed by atoms with E-state index in [1.807, 2.05) is 42.5 Å². The monoisotopic (exact) mass is 346 g/mol. The highest BCUT2D eigenvalue weighted by molar-refractivity contribution is 7.80. The average Bonchev–Trinajstić information content (AvgIpc) is 2.62. The van der Waals surface area contributed by atoms with Crippen molar-refractivity contribution in [2.75, 3.05) is 19.4 Å². The van der Waals surface area contributed by atoms with Crippen LogP contribution in [0.25, 0.3) is 0 Å². The van der Waals surface area contributed by atoms with Crippen molar-refractivity contribution in [1.82, 2.24) is 10.2 Å². The van der Waals surface area contributed by atoms with Crippen LogP contribution in [-0.4, -0.2) is 42.2 Å². The number of rotatable bonds is 7. The number of nitrogens with one attached hydrogen (secondary N) is 1. The maximum absolute atomic E-state index is 12.6. The van der Waals surface area contributed by atoms with Crippen LogP contribution in [0.1, 0.15) is 12.0 Å². The molecule has 0 bridgehead atoms. The Morgan fingerprint density at radius 1 is 1.33 bits per heavy atom. The minimum absolute atomic E-state index is 0.0289. The number of nitrogens with zero attached hydrogens (tertiary/aromatic N) is 1. The minimum Gasteiger partial charge on any atom is -0.467 e. The third-order valence-electron chi connectivity index (χ3n) is 3.69. The van der Waals surface area contributed by atoms with Gasteiger partial charge in [0.1, 0.15) is 11.9 Å². The third kappa shape index (κ3) is 4.89. The second kappa shape index (κ2) is 9.17. The topological polar surface area (TPSA) is 58.6 Å². The first-order chi connectivity index (χ1) is 11.7. The molecule has 1 heterocycles. The number of benzene rings is 1. The molecule has 128 valence electrons. The molecule has 0 fully saturated rings. The summed E-state index contributed by atoms with van der Waals surface area (Å²) in [6.07, 6.45) is 6.38. The average molecular weight is 346 g/mol. The third-order valence-corrected chi connectivity index (χ3v) is 3.95. The molecule has 0 aromatic heterocycles. The fraction of sp³-hybridized carbons (Fsp3) is 0.333. The van der Waals surface area contributed by atoms with Gasteiger partial charge in [-0.1, -0.05) is 42.5 Å². The lowest BCUT2D eigenvalue weighted by Gasteiger charge is -2.29.